The van der Waals surface area contributed by atoms with Crippen LogP contribution in [0.1, 0.15) is 23.7 Å². The number of aromatic nitrogens is 2. The van der Waals surface area contributed by atoms with Gasteiger partial charge in [-0.05, 0) is 61.9 Å². The fourth-order valence-electron chi connectivity index (χ4n) is 6.04. The number of nitrogens with zero attached hydrogens (tertiary/aromatic N) is 3. The lowest BCUT2D eigenvalue weighted by Gasteiger charge is -2.26. The molecule has 14 heteroatoms. The van der Waals surface area contributed by atoms with Crippen molar-refractivity contribution in [3.63, 3.8) is 0 Å². The number of pyridine rings is 2. The molecule has 4 heterocycles. The van der Waals surface area contributed by atoms with E-state index in [0.29, 0.717) is 65.2 Å². The summed E-state index contributed by atoms with van der Waals surface area (Å²) in [7, 11) is 0. The molecule has 270 valence electrons. The fourth-order valence-corrected chi connectivity index (χ4v) is 6.26. The van der Waals surface area contributed by atoms with Gasteiger partial charge in [-0.2, -0.15) is 0 Å². The van der Waals surface area contributed by atoms with Crippen LogP contribution in [0.25, 0.3) is 16.6 Å². The quantitative estimate of drug-likeness (QED) is 0.143. The minimum Gasteiger partial charge on any atom is -0.493 e. The summed E-state index contributed by atoms with van der Waals surface area (Å²) in [6.07, 6.45) is 3.93. The van der Waals surface area contributed by atoms with Crippen molar-refractivity contribution in [1.82, 2.24) is 14.5 Å². The van der Waals surface area contributed by atoms with Crippen LogP contribution in [-0.4, -0.2) is 79.6 Å². The number of nitrogens with one attached hydrogen (secondary N) is 1. The number of amides is 1. The third kappa shape index (κ3) is 7.61. The van der Waals surface area contributed by atoms with Gasteiger partial charge in [0.05, 0.1) is 48.0 Å². The van der Waals surface area contributed by atoms with Gasteiger partial charge in [-0.25, -0.2) is 4.39 Å². The van der Waals surface area contributed by atoms with E-state index in [1.807, 2.05) is 6.07 Å². The van der Waals surface area contributed by atoms with E-state index in [-0.39, 0.29) is 28.6 Å². The van der Waals surface area contributed by atoms with E-state index in [9.17, 15) is 14.0 Å². The molecule has 7 rings (SSSR count). The molecule has 1 N–H and O–H groups in total. The molecule has 12 nitrogen and oxygen atoms in total. The van der Waals surface area contributed by atoms with Gasteiger partial charge in [0, 0.05) is 49.8 Å². The number of hydrogen-bond donors (Lipinski definition) is 1. The number of rotatable bonds is 12. The Morgan fingerprint density at radius 3 is 2.50 bits per heavy atom. The van der Waals surface area contributed by atoms with Gasteiger partial charge in [0.25, 0.3) is 11.5 Å². The summed E-state index contributed by atoms with van der Waals surface area (Å²) in [4.78, 5) is 34.0. The van der Waals surface area contributed by atoms with Gasteiger partial charge in [-0.3, -0.25) is 24.0 Å². The van der Waals surface area contributed by atoms with Gasteiger partial charge >= 0.3 is 0 Å². The van der Waals surface area contributed by atoms with E-state index in [1.54, 1.807) is 37.4 Å². The average Bonchev–Trinajstić information content (AvgIpc) is 3.15. The van der Waals surface area contributed by atoms with Crippen LogP contribution >= 0.6 is 11.6 Å². The molecule has 52 heavy (non-hydrogen) atoms. The molecule has 0 saturated carbocycles. The lowest BCUT2D eigenvalue weighted by Crippen LogP contribution is -2.37. The van der Waals surface area contributed by atoms with Gasteiger partial charge in [0.2, 0.25) is 5.75 Å². The lowest BCUT2D eigenvalue weighted by molar-refractivity contribution is 0.0357. The summed E-state index contributed by atoms with van der Waals surface area (Å²) < 4.78 is 50.4. The first-order chi connectivity index (χ1) is 25.4. The summed E-state index contributed by atoms with van der Waals surface area (Å²) in [6.45, 7) is 7.43. The van der Waals surface area contributed by atoms with Crippen LogP contribution in [0.3, 0.4) is 0 Å². The van der Waals surface area contributed by atoms with Gasteiger partial charge in [0.15, 0.2) is 11.5 Å². The number of halogens is 2. The molecule has 3 aromatic carbocycles. The molecule has 1 fully saturated rings. The van der Waals surface area contributed by atoms with Gasteiger partial charge < -0.3 is 33.7 Å². The molecule has 0 atom stereocenters. The van der Waals surface area contributed by atoms with Gasteiger partial charge in [0.1, 0.15) is 41.8 Å². The van der Waals surface area contributed by atoms with E-state index in [4.69, 9.17) is 40.0 Å². The number of benzene rings is 3. The highest BCUT2D eigenvalue weighted by Gasteiger charge is 2.26. The van der Waals surface area contributed by atoms with Crippen LogP contribution < -0.4 is 34.6 Å². The third-order valence-corrected chi connectivity index (χ3v) is 8.84. The highest BCUT2D eigenvalue weighted by molar-refractivity contribution is 6.34. The first kappa shape index (κ1) is 35.1. The second-order valence-electron chi connectivity index (χ2n) is 11.9. The molecule has 1 amide bonds. The zero-order valence-corrected chi connectivity index (χ0v) is 29.1. The lowest BCUT2D eigenvalue weighted by atomic mass is 10.1. The average molecular weight is 731 g/mol. The molecular weight excluding hydrogens is 695 g/mol. The van der Waals surface area contributed by atoms with Crippen molar-refractivity contribution in [3.8, 4) is 40.2 Å². The van der Waals surface area contributed by atoms with E-state index >= 15 is 0 Å². The predicted octanol–water partition coefficient (Wildman–Crippen LogP) is 6.49. The summed E-state index contributed by atoms with van der Waals surface area (Å²) in [6, 6.07) is 15.1. The summed E-state index contributed by atoms with van der Waals surface area (Å²) in [5, 5.41) is 3.48. The fraction of sp³-hybridized carbons (Fsp3) is 0.289. The Morgan fingerprint density at radius 1 is 0.942 bits per heavy atom. The van der Waals surface area contributed by atoms with Crippen LogP contribution in [-0.2, 0) is 4.74 Å². The Labute approximate surface area is 303 Å². The molecule has 2 aromatic heterocycles. The highest BCUT2D eigenvalue weighted by atomic mass is 35.5. The zero-order valence-electron chi connectivity index (χ0n) is 28.4. The van der Waals surface area contributed by atoms with Crippen molar-refractivity contribution in [2.75, 3.05) is 64.6 Å². The first-order valence-corrected chi connectivity index (χ1v) is 17.3. The predicted molar refractivity (Wildman–Crippen MR) is 193 cm³/mol. The van der Waals surface area contributed by atoms with Crippen LogP contribution in [0.2, 0.25) is 5.02 Å². The number of hydrogen-bond acceptors (Lipinski definition) is 10. The Morgan fingerprint density at radius 2 is 1.73 bits per heavy atom. The van der Waals surface area contributed by atoms with Gasteiger partial charge in [-0.15, -0.1) is 0 Å². The highest BCUT2D eigenvalue weighted by Crippen LogP contribution is 2.48. The number of anilines is 1. The molecule has 2 aliphatic heterocycles. The van der Waals surface area contributed by atoms with Crippen LogP contribution in [0, 0.1) is 5.82 Å². The molecule has 0 spiro atoms. The standard InChI is InChI=1S/C38H36ClFN4O8/c1-2-48-30-11-14-44(25-6-4-24(40)5-7-25)38(46)34(30)37(45)42-28-9-8-26(22-27(28)39)52-31-10-12-41-29-23-32(35-36(33(29)31)51-21-20-50-35)49-17-3-13-43-15-18-47-19-16-43/h4-12,14,22-23H,2-3,13,15-21H2,1H3,(H,42,45). The summed E-state index contributed by atoms with van der Waals surface area (Å²) in [5.41, 5.74) is 0.335. The maximum Gasteiger partial charge on any atom is 0.271 e. The van der Waals surface area contributed by atoms with Crippen molar-refractivity contribution in [2.24, 2.45) is 0 Å². The molecule has 0 aliphatic carbocycles. The summed E-state index contributed by atoms with van der Waals surface area (Å²) >= 11 is 6.65. The Balaban J connectivity index is 1.10. The minimum absolute atomic E-state index is 0.0973. The number of ether oxygens (including phenoxy) is 6. The monoisotopic (exact) mass is 730 g/mol. The van der Waals surface area contributed by atoms with Crippen molar-refractivity contribution in [3.05, 3.63) is 99.8 Å². The molecule has 0 unspecified atom stereocenters. The second kappa shape index (κ2) is 15.9. The largest absolute Gasteiger partial charge is 0.493 e. The smallest absolute Gasteiger partial charge is 0.271 e. The zero-order chi connectivity index (χ0) is 36.0. The molecule has 0 bridgehead atoms. The van der Waals surface area contributed by atoms with Crippen molar-refractivity contribution >= 4 is 34.1 Å². The van der Waals surface area contributed by atoms with E-state index < -0.39 is 17.3 Å². The molecule has 0 radical (unpaired) electrons. The number of fused-ring (bicyclic) bond motifs is 3. The van der Waals surface area contributed by atoms with E-state index in [2.05, 4.69) is 15.2 Å². The van der Waals surface area contributed by atoms with E-state index in [1.165, 1.54) is 41.1 Å². The van der Waals surface area contributed by atoms with Crippen molar-refractivity contribution in [2.45, 2.75) is 13.3 Å². The minimum atomic E-state index is -0.733. The van der Waals surface area contributed by atoms with Crippen LogP contribution in [0.15, 0.2) is 77.9 Å². The second-order valence-corrected chi connectivity index (χ2v) is 12.3. The number of carbonyl (C=O) groups excluding carboxylic acids is 1. The maximum absolute atomic E-state index is 13.6. The first-order valence-electron chi connectivity index (χ1n) is 17.0. The molecule has 2 aliphatic rings. The molecular formula is C38H36ClFN4O8. The topological polar surface area (TPSA) is 123 Å². The number of carbonyl (C=O) groups is 1. The van der Waals surface area contributed by atoms with Gasteiger partial charge in [-0.1, -0.05) is 11.6 Å². The van der Waals surface area contributed by atoms with E-state index in [0.717, 1.165) is 39.3 Å². The van der Waals surface area contributed by atoms with Crippen LogP contribution in [0.4, 0.5) is 10.1 Å². The Hall–Kier alpha value is -5.37. The van der Waals surface area contributed by atoms with Crippen LogP contribution in [0.5, 0.6) is 34.5 Å². The number of morpholine rings is 1. The normalized spacial score (nSPS) is 14.2. The van der Waals surface area contributed by atoms with Crippen molar-refractivity contribution in [1.29, 1.82) is 0 Å². The summed E-state index contributed by atoms with van der Waals surface area (Å²) in [5.74, 6) is 1.25. The Bertz CT molecular complexity index is 2140. The molecule has 1 saturated heterocycles. The molecule has 5 aromatic rings. The van der Waals surface area contributed by atoms with Crippen molar-refractivity contribution < 1.29 is 37.6 Å². The third-order valence-electron chi connectivity index (χ3n) is 8.53. The Kier molecular flexibility index (Phi) is 10.7. The SMILES string of the molecule is CCOc1ccn(-c2ccc(F)cc2)c(=O)c1C(=O)Nc1ccc(Oc2ccnc3cc(OCCCN4CCOCC4)c4c(c23)OCCO4)cc1Cl. The maximum atomic E-state index is 13.6.